The first kappa shape index (κ1) is 34.8. The van der Waals surface area contributed by atoms with Crippen LogP contribution in [0.1, 0.15) is 10.4 Å². The van der Waals surface area contributed by atoms with Crippen LogP contribution in [0.2, 0.25) is 0 Å². The lowest BCUT2D eigenvalue weighted by molar-refractivity contribution is -0.905. The Morgan fingerprint density at radius 2 is 1.78 bits per heavy atom. The molecule has 0 aliphatic carbocycles. The van der Waals surface area contributed by atoms with Crippen molar-refractivity contribution < 1.29 is 51.8 Å². The van der Waals surface area contributed by atoms with Crippen LogP contribution in [-0.4, -0.2) is 118 Å². The van der Waals surface area contributed by atoms with Crippen LogP contribution in [-0.2, 0) is 20.9 Å². The summed E-state index contributed by atoms with van der Waals surface area (Å²) in [6.07, 6.45) is 0.849. The van der Waals surface area contributed by atoms with E-state index in [-0.39, 0.29) is 42.2 Å². The molecule has 0 radical (unpaired) electrons. The minimum Gasteiger partial charge on any atom is -0.484 e. The van der Waals surface area contributed by atoms with E-state index in [0.717, 1.165) is 16.8 Å². The number of thioether (sulfide) groups is 1. The van der Waals surface area contributed by atoms with Gasteiger partial charge in [0.1, 0.15) is 53.1 Å². The Hall–Kier alpha value is -5.03. The zero-order chi connectivity index (χ0) is 35.9. The summed E-state index contributed by atoms with van der Waals surface area (Å²) in [7, 11) is 1.87. The van der Waals surface area contributed by atoms with Crippen molar-refractivity contribution >= 4 is 52.1 Å². The number of aryl methyl sites for hydroxylation is 1. The molecular formula is C33H33F3N5O8S+. The molecule has 2 fully saturated rings. The van der Waals surface area contributed by atoms with E-state index in [2.05, 4.69) is 5.32 Å². The number of amides is 2. The van der Waals surface area contributed by atoms with Crippen molar-refractivity contribution in [2.45, 2.75) is 18.0 Å². The topological polar surface area (TPSA) is 158 Å². The third-order valence-corrected chi connectivity index (χ3v) is 10.5. The van der Waals surface area contributed by atoms with E-state index in [0.29, 0.717) is 24.4 Å². The molecule has 0 saturated carbocycles. The number of carboxylic acid groups (broad SMARTS) is 2. The molecule has 3 aliphatic heterocycles. The molecule has 0 spiro atoms. The summed E-state index contributed by atoms with van der Waals surface area (Å²) in [6, 6.07) is 8.53. The van der Waals surface area contributed by atoms with Gasteiger partial charge in [0.2, 0.25) is 5.43 Å². The number of likely N-dealkylation sites (N-methyl/N-ethyl adjacent to an activating group) is 1. The lowest BCUT2D eigenvalue weighted by Crippen LogP contribution is -2.71. The highest BCUT2D eigenvalue weighted by Gasteiger charge is 2.55. The second-order valence-corrected chi connectivity index (χ2v) is 13.6. The number of aliphatic carboxylic acids is 1. The average Bonchev–Trinajstić information content (AvgIpc) is 3.08. The molecule has 2 aromatic carbocycles. The van der Waals surface area contributed by atoms with Gasteiger partial charge in [-0.3, -0.25) is 19.3 Å². The summed E-state index contributed by atoms with van der Waals surface area (Å²) in [5.74, 6) is -5.40. The van der Waals surface area contributed by atoms with Crippen LogP contribution in [0.3, 0.4) is 0 Å². The van der Waals surface area contributed by atoms with Crippen LogP contribution < -0.4 is 20.4 Å². The van der Waals surface area contributed by atoms with Gasteiger partial charge in [0.25, 0.3) is 11.8 Å². The number of hydrogen-bond donors (Lipinski definition) is 3. The second kappa shape index (κ2) is 13.7. The molecular weight excluding hydrogens is 683 g/mol. The van der Waals surface area contributed by atoms with Crippen molar-refractivity contribution in [3.05, 3.63) is 81.3 Å². The van der Waals surface area contributed by atoms with E-state index in [1.807, 2.05) is 7.05 Å². The molecule has 264 valence electrons. The first-order valence-corrected chi connectivity index (χ1v) is 16.7. The Balaban J connectivity index is 1.16. The number of quaternary nitrogens is 1. The third kappa shape index (κ3) is 6.37. The summed E-state index contributed by atoms with van der Waals surface area (Å²) >= 11 is 1.33. The van der Waals surface area contributed by atoms with Gasteiger partial charge >= 0.3 is 11.9 Å². The van der Waals surface area contributed by atoms with Crippen molar-refractivity contribution in [3.8, 4) is 5.75 Å². The highest BCUT2D eigenvalue weighted by molar-refractivity contribution is 8.00. The number of anilines is 1. The predicted molar refractivity (Wildman–Crippen MR) is 176 cm³/mol. The molecule has 3 aromatic rings. The zero-order valence-corrected chi connectivity index (χ0v) is 27.6. The molecule has 4 heterocycles. The average molecular weight is 717 g/mol. The van der Waals surface area contributed by atoms with Crippen molar-refractivity contribution in [1.29, 1.82) is 0 Å². The fourth-order valence-corrected chi connectivity index (χ4v) is 8.00. The number of benzene rings is 2. The Morgan fingerprint density at radius 3 is 2.42 bits per heavy atom. The Bertz CT molecular complexity index is 1980. The number of aromatic carboxylic acids is 1. The molecule has 0 unspecified atom stereocenters. The number of nitrogens with one attached hydrogen (secondary N) is 1. The number of carbonyl (C=O) groups is 4. The van der Waals surface area contributed by atoms with E-state index in [9.17, 15) is 38.6 Å². The van der Waals surface area contributed by atoms with E-state index < -0.39 is 87.6 Å². The van der Waals surface area contributed by atoms with E-state index in [4.69, 9.17) is 4.74 Å². The third-order valence-electron chi connectivity index (χ3n) is 9.17. The summed E-state index contributed by atoms with van der Waals surface area (Å²) in [4.78, 5) is 65.0. The van der Waals surface area contributed by atoms with Gasteiger partial charge in [0.05, 0.1) is 50.7 Å². The highest BCUT2D eigenvalue weighted by Crippen LogP contribution is 2.41. The summed E-state index contributed by atoms with van der Waals surface area (Å²) in [5.41, 5.74) is -2.30. The van der Waals surface area contributed by atoms with Crippen LogP contribution in [0, 0.1) is 11.6 Å². The number of nitrogens with zero attached hydrogens (tertiary/aromatic N) is 4. The van der Waals surface area contributed by atoms with Crippen molar-refractivity contribution in [3.63, 3.8) is 0 Å². The molecule has 1 aromatic heterocycles. The maximum absolute atomic E-state index is 16.0. The van der Waals surface area contributed by atoms with Crippen LogP contribution in [0.5, 0.6) is 5.75 Å². The highest BCUT2D eigenvalue weighted by atomic mass is 32.2. The van der Waals surface area contributed by atoms with Crippen LogP contribution >= 0.6 is 11.8 Å². The van der Waals surface area contributed by atoms with E-state index in [1.165, 1.54) is 21.6 Å². The minimum absolute atomic E-state index is 0.129. The number of alkyl halides is 1. The molecule has 3 N–H and O–H groups in total. The van der Waals surface area contributed by atoms with Gasteiger partial charge in [-0.25, -0.2) is 22.8 Å². The number of aromatic nitrogens is 1. The fraction of sp³-hybridized carbons (Fsp3) is 0.364. The Labute approximate surface area is 287 Å². The number of pyridine rings is 1. The molecule has 2 atom stereocenters. The monoisotopic (exact) mass is 716 g/mol. The number of rotatable bonds is 11. The largest absolute Gasteiger partial charge is 0.484 e. The van der Waals surface area contributed by atoms with Crippen LogP contribution in [0.15, 0.2) is 58.7 Å². The predicted octanol–water partition coefficient (Wildman–Crippen LogP) is 2.03. The lowest BCUT2D eigenvalue weighted by atomic mass is 10.0. The number of halogens is 3. The van der Waals surface area contributed by atoms with Crippen LogP contribution in [0.4, 0.5) is 18.9 Å². The number of fused-ring (bicyclic) bond motifs is 2. The van der Waals surface area contributed by atoms with Gasteiger partial charge in [-0.05, 0) is 18.2 Å². The Morgan fingerprint density at radius 1 is 1.08 bits per heavy atom. The fourth-order valence-electron chi connectivity index (χ4n) is 6.66. The first-order chi connectivity index (χ1) is 23.8. The number of para-hydroxylation sites is 1. The second-order valence-electron chi connectivity index (χ2n) is 12.5. The van der Waals surface area contributed by atoms with Gasteiger partial charge in [-0.2, -0.15) is 0 Å². The number of hydrogen-bond acceptors (Lipinski definition) is 8. The number of ether oxygens (including phenoxy) is 1. The van der Waals surface area contributed by atoms with Crippen molar-refractivity contribution in [2.24, 2.45) is 0 Å². The maximum Gasteiger partial charge on any atom is 0.352 e. The molecule has 6 rings (SSSR count). The number of carboxylic acids is 2. The quantitative estimate of drug-likeness (QED) is 0.198. The Kier molecular flexibility index (Phi) is 9.54. The minimum atomic E-state index is -1.61. The normalized spacial score (nSPS) is 20.0. The molecule has 17 heteroatoms. The van der Waals surface area contributed by atoms with E-state index in [1.54, 1.807) is 30.3 Å². The van der Waals surface area contributed by atoms with Crippen molar-refractivity contribution in [1.82, 2.24) is 14.8 Å². The molecule has 2 amide bonds. The van der Waals surface area contributed by atoms with Gasteiger partial charge in [-0.15, -0.1) is 11.8 Å². The summed E-state index contributed by atoms with van der Waals surface area (Å²) in [6.45, 7) is -0.623. The van der Waals surface area contributed by atoms with E-state index >= 15 is 8.78 Å². The molecule has 13 nitrogen and oxygen atoms in total. The number of piperazine rings is 1. The first-order valence-electron chi connectivity index (χ1n) is 15.6. The molecule has 2 saturated heterocycles. The lowest BCUT2D eigenvalue weighted by Gasteiger charge is -2.50. The zero-order valence-electron chi connectivity index (χ0n) is 26.7. The summed E-state index contributed by atoms with van der Waals surface area (Å²) in [5, 5.41) is 21.1. The maximum atomic E-state index is 16.0. The van der Waals surface area contributed by atoms with Gasteiger partial charge < -0.3 is 34.2 Å². The smallest absolute Gasteiger partial charge is 0.352 e. The number of carbonyl (C=O) groups excluding carboxylic acids is 2. The SMILES string of the molecule is C[N+]1(CC2=C(C(=O)O)N3C(=O)[C@H](NC(=O)COc4ccccc4)[C@@H]3SC2)CCN(c2c(F)cc3c(=O)c(C(=O)O)cn(CCF)c3c2F)CC1. The molecule has 3 aliphatic rings. The number of β-lactam (4-membered cyclic amide) rings is 1. The molecule has 0 bridgehead atoms. The summed E-state index contributed by atoms with van der Waals surface area (Å²) < 4.78 is 51.5. The standard InChI is InChI=1S/C33H32F3N5O8S/c1-41(11-9-38(10-12-41)28-22(35)13-20-27(24(28)36)39(8-7-34)14-21(29(20)43)32(45)46)15-18-17-50-31-25(30(44)40(31)26(18)33(47)48)37-23(42)16-49-19-5-3-2-4-6-19/h2-6,13-14,25,31H,7-12,15-17H2,1H3,(H2-,37,42,45,46,47,48)/p+1/t25-,31-/m0/s1. The van der Waals surface area contributed by atoms with Crippen LogP contribution in [0.25, 0.3) is 10.9 Å². The van der Waals surface area contributed by atoms with Gasteiger partial charge in [0, 0.05) is 17.5 Å². The van der Waals surface area contributed by atoms with Gasteiger partial charge in [0.15, 0.2) is 12.4 Å². The molecule has 50 heavy (non-hydrogen) atoms. The van der Waals surface area contributed by atoms with Gasteiger partial charge in [-0.1, -0.05) is 18.2 Å². The van der Waals surface area contributed by atoms with Crippen molar-refractivity contribution in [2.75, 3.05) is 63.7 Å².